The van der Waals surface area contributed by atoms with E-state index in [2.05, 4.69) is 4.74 Å². The van der Waals surface area contributed by atoms with Gasteiger partial charge in [-0.25, -0.2) is 0 Å². The van der Waals surface area contributed by atoms with E-state index in [1.807, 2.05) is 30.3 Å². The van der Waals surface area contributed by atoms with Crippen LogP contribution in [0.3, 0.4) is 0 Å². The number of carbonyl (C=O) groups excluding carboxylic acids is 1. The fourth-order valence-corrected chi connectivity index (χ4v) is 1.10. The van der Waals surface area contributed by atoms with Gasteiger partial charge in [0.25, 0.3) is 0 Å². The van der Waals surface area contributed by atoms with Gasteiger partial charge in [0, 0.05) is 0 Å². The fourth-order valence-electron chi connectivity index (χ4n) is 1.10. The van der Waals surface area contributed by atoms with Crippen molar-refractivity contribution in [3.63, 3.8) is 0 Å². The van der Waals surface area contributed by atoms with Crippen LogP contribution in [0.15, 0.2) is 30.3 Å². The molecular weight excluding hydrogens is 237 g/mol. The lowest BCUT2D eigenvalue weighted by atomic mass is 10.1. The maximum atomic E-state index is 11.0. The third-order valence-corrected chi connectivity index (χ3v) is 1.80. The van der Waals surface area contributed by atoms with Crippen molar-refractivity contribution in [1.29, 1.82) is 0 Å². The Morgan fingerprint density at radius 3 is 2.33 bits per heavy atom. The maximum absolute atomic E-state index is 11.0. The van der Waals surface area contributed by atoms with Gasteiger partial charge < -0.3 is 10.5 Å². The van der Waals surface area contributed by atoms with Gasteiger partial charge in [0.1, 0.15) is 6.04 Å². The maximum Gasteiger partial charge on any atom is 0.322 e. The van der Waals surface area contributed by atoms with Crippen molar-refractivity contribution < 1.29 is 9.53 Å². The third kappa shape index (κ3) is 5.62. The Morgan fingerprint density at radius 2 is 1.87 bits per heavy atom. The van der Waals surface area contributed by atoms with Crippen LogP contribution < -0.4 is 5.73 Å². The van der Waals surface area contributed by atoms with Crippen LogP contribution in [0.4, 0.5) is 0 Å². The summed E-state index contributed by atoms with van der Waals surface area (Å²) in [6.07, 6.45) is 0.521. The molecule has 0 aliphatic carbocycles. The number of benzene rings is 1. The molecule has 5 heteroatoms. The smallest absolute Gasteiger partial charge is 0.322 e. The molecule has 0 spiro atoms. The molecule has 0 radical (unpaired) electrons. The third-order valence-electron chi connectivity index (χ3n) is 1.80. The molecule has 1 aromatic carbocycles. The van der Waals surface area contributed by atoms with E-state index < -0.39 is 6.04 Å². The normalized spacial score (nSPS) is 10.5. The highest BCUT2D eigenvalue weighted by molar-refractivity contribution is 5.85. The molecule has 0 aromatic heterocycles. The number of carbonyl (C=O) groups is 1. The summed E-state index contributed by atoms with van der Waals surface area (Å²) in [5.74, 6) is -0.371. The lowest BCUT2D eigenvalue weighted by Gasteiger charge is -2.08. The lowest BCUT2D eigenvalue weighted by molar-refractivity contribution is -0.142. The number of nitrogens with two attached hydrogens (primary N) is 1. The molecule has 0 aliphatic heterocycles. The molecule has 0 bridgehead atoms. The van der Waals surface area contributed by atoms with Crippen LogP contribution in [0.1, 0.15) is 5.56 Å². The van der Waals surface area contributed by atoms with Crippen molar-refractivity contribution in [3.8, 4) is 0 Å². The topological polar surface area (TPSA) is 52.3 Å². The van der Waals surface area contributed by atoms with Gasteiger partial charge in [0.2, 0.25) is 0 Å². The Bertz CT molecular complexity index is 280. The number of hydrogen-bond acceptors (Lipinski definition) is 3. The average molecular weight is 252 g/mol. The van der Waals surface area contributed by atoms with E-state index in [0.29, 0.717) is 6.42 Å². The summed E-state index contributed by atoms with van der Waals surface area (Å²) in [6, 6.07) is 9.06. The van der Waals surface area contributed by atoms with Gasteiger partial charge in [-0.15, -0.1) is 24.8 Å². The first-order chi connectivity index (χ1) is 6.24. The second kappa shape index (κ2) is 8.53. The number of esters is 1. The molecule has 1 aromatic rings. The predicted molar refractivity (Wildman–Crippen MR) is 64.6 cm³/mol. The van der Waals surface area contributed by atoms with Gasteiger partial charge in [-0.2, -0.15) is 0 Å². The van der Waals surface area contributed by atoms with Crippen LogP contribution >= 0.6 is 24.8 Å². The monoisotopic (exact) mass is 251 g/mol. The summed E-state index contributed by atoms with van der Waals surface area (Å²) >= 11 is 0. The first-order valence-electron chi connectivity index (χ1n) is 4.11. The van der Waals surface area contributed by atoms with Gasteiger partial charge in [-0.3, -0.25) is 4.79 Å². The van der Waals surface area contributed by atoms with Crippen LogP contribution in [0.2, 0.25) is 0 Å². The molecule has 0 saturated carbocycles. The molecule has 2 N–H and O–H groups in total. The molecule has 15 heavy (non-hydrogen) atoms. The minimum atomic E-state index is -0.563. The molecule has 0 saturated heterocycles. The highest BCUT2D eigenvalue weighted by Gasteiger charge is 2.13. The van der Waals surface area contributed by atoms with Crippen molar-refractivity contribution in [3.05, 3.63) is 35.9 Å². The summed E-state index contributed by atoms with van der Waals surface area (Å²) in [5, 5.41) is 0. The van der Waals surface area contributed by atoms with Gasteiger partial charge in [0.15, 0.2) is 0 Å². The van der Waals surface area contributed by atoms with E-state index >= 15 is 0 Å². The van der Waals surface area contributed by atoms with Crippen LogP contribution in [0.5, 0.6) is 0 Å². The standard InChI is InChI=1S/C10H13NO2.2ClH/c1-13-10(12)9(11)7-8-5-3-2-4-6-8;;/h2-6,9H,7,11H2,1H3;2*1H. The van der Waals surface area contributed by atoms with Gasteiger partial charge >= 0.3 is 5.97 Å². The number of ether oxygens (including phenoxy) is 1. The molecule has 86 valence electrons. The van der Waals surface area contributed by atoms with E-state index in [0.717, 1.165) is 5.56 Å². The summed E-state index contributed by atoms with van der Waals surface area (Å²) in [7, 11) is 1.34. The second-order valence-electron chi connectivity index (χ2n) is 2.82. The highest BCUT2D eigenvalue weighted by atomic mass is 35.5. The predicted octanol–water partition coefficient (Wildman–Crippen LogP) is 1.57. The fraction of sp³-hybridized carbons (Fsp3) is 0.300. The Balaban J connectivity index is 0. The summed E-state index contributed by atoms with van der Waals surface area (Å²) in [4.78, 5) is 11.0. The minimum absolute atomic E-state index is 0. The molecule has 3 nitrogen and oxygen atoms in total. The highest BCUT2D eigenvalue weighted by Crippen LogP contribution is 2.02. The van der Waals surface area contributed by atoms with Gasteiger partial charge in [-0.1, -0.05) is 30.3 Å². The zero-order chi connectivity index (χ0) is 9.68. The molecule has 0 amide bonds. The summed E-state index contributed by atoms with van der Waals surface area (Å²) in [6.45, 7) is 0. The zero-order valence-corrected chi connectivity index (χ0v) is 10.0. The SMILES string of the molecule is COC(=O)C(N)Cc1ccccc1.Cl.Cl. The first kappa shape index (κ1) is 16.7. The van der Waals surface area contributed by atoms with Crippen molar-refractivity contribution in [2.45, 2.75) is 12.5 Å². The van der Waals surface area contributed by atoms with E-state index in [4.69, 9.17) is 5.73 Å². The van der Waals surface area contributed by atoms with Crippen molar-refractivity contribution >= 4 is 30.8 Å². The minimum Gasteiger partial charge on any atom is -0.468 e. The number of hydrogen-bond donors (Lipinski definition) is 1. The number of methoxy groups -OCH3 is 1. The zero-order valence-electron chi connectivity index (χ0n) is 8.38. The number of halogens is 2. The van der Waals surface area contributed by atoms with Crippen LogP contribution in [0, 0.1) is 0 Å². The Hall–Kier alpha value is -0.770. The van der Waals surface area contributed by atoms with Crippen LogP contribution in [-0.2, 0) is 16.0 Å². The summed E-state index contributed by atoms with van der Waals surface area (Å²) in [5.41, 5.74) is 6.63. The molecule has 0 heterocycles. The van der Waals surface area contributed by atoms with E-state index in [1.165, 1.54) is 7.11 Å². The van der Waals surface area contributed by atoms with Crippen molar-refractivity contribution in [1.82, 2.24) is 0 Å². The van der Waals surface area contributed by atoms with Crippen LogP contribution in [-0.4, -0.2) is 19.1 Å². The molecule has 1 unspecified atom stereocenters. The van der Waals surface area contributed by atoms with E-state index in [-0.39, 0.29) is 30.8 Å². The molecular formula is C10H15Cl2NO2. The number of rotatable bonds is 3. The Morgan fingerprint density at radius 1 is 1.33 bits per heavy atom. The quantitative estimate of drug-likeness (QED) is 0.831. The first-order valence-corrected chi connectivity index (χ1v) is 4.11. The van der Waals surface area contributed by atoms with Gasteiger partial charge in [0.05, 0.1) is 7.11 Å². The lowest BCUT2D eigenvalue weighted by Crippen LogP contribution is -2.33. The summed E-state index contributed by atoms with van der Waals surface area (Å²) < 4.78 is 4.52. The van der Waals surface area contributed by atoms with Crippen LogP contribution in [0.25, 0.3) is 0 Å². The molecule has 1 rings (SSSR count). The van der Waals surface area contributed by atoms with Crippen molar-refractivity contribution in [2.75, 3.05) is 7.11 Å². The largest absolute Gasteiger partial charge is 0.468 e. The molecule has 0 aliphatic rings. The van der Waals surface area contributed by atoms with E-state index in [9.17, 15) is 4.79 Å². The van der Waals surface area contributed by atoms with Crippen molar-refractivity contribution in [2.24, 2.45) is 5.73 Å². The molecule has 0 fully saturated rings. The van der Waals surface area contributed by atoms with Gasteiger partial charge in [-0.05, 0) is 12.0 Å². The Kier molecular flexibility index (Phi) is 9.47. The second-order valence-corrected chi connectivity index (χ2v) is 2.82. The Labute approximate surface area is 102 Å². The van der Waals surface area contributed by atoms with E-state index in [1.54, 1.807) is 0 Å². The average Bonchev–Trinajstić information content (AvgIpc) is 2.18. The molecule has 1 atom stereocenters.